The topological polar surface area (TPSA) is 9.23 Å². The van der Waals surface area contributed by atoms with Gasteiger partial charge in [-0.15, -0.1) is 0 Å². The van der Waals surface area contributed by atoms with Gasteiger partial charge in [0.15, 0.2) is 0 Å². The van der Waals surface area contributed by atoms with E-state index in [-0.39, 0.29) is 0 Å². The second-order valence-corrected chi connectivity index (χ2v) is 8.23. The zero-order valence-corrected chi connectivity index (χ0v) is 18.4. The minimum Gasteiger partial charge on any atom is -0.497 e. The van der Waals surface area contributed by atoms with E-state index in [1.807, 2.05) is 24.3 Å². The van der Waals surface area contributed by atoms with Crippen LogP contribution in [0.1, 0.15) is 71.4 Å². The Morgan fingerprint density at radius 3 is 1.94 bits per heavy atom. The van der Waals surface area contributed by atoms with Gasteiger partial charge in [-0.05, 0) is 85.8 Å². The molecule has 1 saturated carbocycles. The van der Waals surface area contributed by atoms with E-state index in [0.717, 1.165) is 28.0 Å². The molecule has 0 aromatic heterocycles. The molecule has 3 aromatic rings. The lowest BCUT2D eigenvalue weighted by molar-refractivity contribution is 0.415. The third-order valence-corrected chi connectivity index (χ3v) is 5.93. The third-order valence-electron chi connectivity index (χ3n) is 5.93. The third kappa shape index (κ3) is 5.59. The Kier molecular flexibility index (Phi) is 6.76. The molecule has 4 rings (SSSR count). The summed E-state index contributed by atoms with van der Waals surface area (Å²) in [4.78, 5) is 0. The van der Waals surface area contributed by atoms with Gasteiger partial charge < -0.3 is 4.74 Å². The van der Waals surface area contributed by atoms with E-state index in [1.54, 1.807) is 7.11 Å². The van der Waals surface area contributed by atoms with Gasteiger partial charge in [-0.3, -0.25) is 0 Å². The molecule has 0 unspecified atom stereocenters. The fraction of sp³-hybridized carbons (Fsp3) is 0.267. The molecular formula is C30H28O. The zero-order valence-electron chi connectivity index (χ0n) is 18.4. The van der Waals surface area contributed by atoms with Crippen molar-refractivity contribution < 1.29 is 4.74 Å². The average molecular weight is 405 g/mol. The highest BCUT2D eigenvalue weighted by Crippen LogP contribution is 2.34. The van der Waals surface area contributed by atoms with Crippen molar-refractivity contribution in [1.29, 1.82) is 0 Å². The lowest BCUT2D eigenvalue weighted by Crippen LogP contribution is -2.06. The van der Waals surface area contributed by atoms with Crippen molar-refractivity contribution in [2.75, 3.05) is 7.11 Å². The molecular weight excluding hydrogens is 376 g/mol. The molecule has 1 heteroatoms. The molecule has 0 aliphatic heterocycles. The second kappa shape index (κ2) is 10.1. The number of methoxy groups -OCH3 is 1. The van der Waals surface area contributed by atoms with Crippen molar-refractivity contribution >= 4 is 0 Å². The standard InChI is InChI=1S/C30H28O/c1-23-8-10-24(11-9-23)12-13-26-15-19-28(30(22-26)27-6-4-3-5-7-27)18-14-25-16-20-29(31-2)21-17-25/h8-11,15-17,19-22,27H,3-7H2,1-2H3. The number of hydrogen-bond donors (Lipinski definition) is 0. The van der Waals surface area contributed by atoms with Gasteiger partial charge in [0.25, 0.3) is 0 Å². The molecule has 0 amide bonds. The van der Waals surface area contributed by atoms with Gasteiger partial charge in [-0.2, -0.15) is 0 Å². The summed E-state index contributed by atoms with van der Waals surface area (Å²) >= 11 is 0. The van der Waals surface area contributed by atoms with Crippen LogP contribution < -0.4 is 4.74 Å². The van der Waals surface area contributed by atoms with Gasteiger partial charge in [0.2, 0.25) is 0 Å². The molecule has 1 aliphatic rings. The van der Waals surface area contributed by atoms with Gasteiger partial charge in [-0.25, -0.2) is 0 Å². The van der Waals surface area contributed by atoms with Crippen molar-refractivity contribution in [1.82, 2.24) is 0 Å². The van der Waals surface area contributed by atoms with Crippen LogP contribution >= 0.6 is 0 Å². The van der Waals surface area contributed by atoms with Gasteiger partial charge in [0.05, 0.1) is 7.11 Å². The normalized spacial score (nSPS) is 13.5. The van der Waals surface area contributed by atoms with Crippen LogP contribution in [0.25, 0.3) is 0 Å². The SMILES string of the molecule is COc1ccc(C#Cc2ccc(C#Cc3ccc(C)cc3)cc2C2CCCCC2)cc1. The maximum absolute atomic E-state index is 5.24. The number of hydrogen-bond acceptors (Lipinski definition) is 1. The lowest BCUT2D eigenvalue weighted by Gasteiger charge is -2.23. The van der Waals surface area contributed by atoms with E-state index in [4.69, 9.17) is 4.74 Å². The van der Waals surface area contributed by atoms with Crippen LogP contribution in [0, 0.1) is 30.6 Å². The minimum atomic E-state index is 0.579. The van der Waals surface area contributed by atoms with Crippen LogP contribution in [0.15, 0.2) is 66.7 Å². The second-order valence-electron chi connectivity index (χ2n) is 8.23. The van der Waals surface area contributed by atoms with E-state index >= 15 is 0 Å². The van der Waals surface area contributed by atoms with E-state index in [0.29, 0.717) is 5.92 Å². The number of ether oxygens (including phenoxy) is 1. The first-order chi connectivity index (χ1) is 15.2. The van der Waals surface area contributed by atoms with E-state index in [1.165, 1.54) is 43.2 Å². The monoisotopic (exact) mass is 404 g/mol. The van der Waals surface area contributed by atoms with E-state index in [2.05, 4.69) is 73.1 Å². The van der Waals surface area contributed by atoms with Crippen LogP contribution in [0.4, 0.5) is 0 Å². The molecule has 3 aromatic carbocycles. The minimum absolute atomic E-state index is 0.579. The molecule has 1 aliphatic carbocycles. The molecule has 31 heavy (non-hydrogen) atoms. The largest absolute Gasteiger partial charge is 0.497 e. The predicted molar refractivity (Wildman–Crippen MR) is 128 cm³/mol. The number of aryl methyl sites for hydroxylation is 1. The number of benzene rings is 3. The van der Waals surface area contributed by atoms with Crippen LogP contribution in [0.2, 0.25) is 0 Å². The fourth-order valence-electron chi connectivity index (χ4n) is 4.10. The quantitative estimate of drug-likeness (QED) is 0.424. The maximum Gasteiger partial charge on any atom is 0.118 e. The molecule has 0 atom stereocenters. The molecule has 154 valence electrons. The van der Waals surface area contributed by atoms with Crippen molar-refractivity contribution in [3.05, 3.63) is 100 Å². The smallest absolute Gasteiger partial charge is 0.118 e. The van der Waals surface area contributed by atoms with Crippen LogP contribution in [-0.2, 0) is 0 Å². The Bertz CT molecular complexity index is 1140. The summed E-state index contributed by atoms with van der Waals surface area (Å²) in [5, 5.41) is 0. The lowest BCUT2D eigenvalue weighted by atomic mass is 9.81. The molecule has 0 spiro atoms. The summed E-state index contributed by atoms with van der Waals surface area (Å²) in [5.74, 6) is 14.9. The molecule has 0 N–H and O–H groups in total. The summed E-state index contributed by atoms with van der Waals surface area (Å²) in [5.41, 5.74) is 6.85. The van der Waals surface area contributed by atoms with Crippen LogP contribution in [0.3, 0.4) is 0 Å². The molecule has 0 heterocycles. The molecule has 0 radical (unpaired) electrons. The first-order valence-corrected chi connectivity index (χ1v) is 11.1. The highest BCUT2D eigenvalue weighted by Gasteiger charge is 2.18. The highest BCUT2D eigenvalue weighted by atomic mass is 16.5. The molecule has 1 nitrogen and oxygen atoms in total. The zero-order chi connectivity index (χ0) is 21.5. The molecule has 0 saturated heterocycles. The predicted octanol–water partition coefficient (Wildman–Crippen LogP) is 6.85. The van der Waals surface area contributed by atoms with Crippen LogP contribution in [-0.4, -0.2) is 7.11 Å². The van der Waals surface area contributed by atoms with Crippen molar-refractivity contribution in [2.24, 2.45) is 0 Å². The molecule has 0 bridgehead atoms. The van der Waals surface area contributed by atoms with Crippen molar-refractivity contribution in [3.63, 3.8) is 0 Å². The van der Waals surface area contributed by atoms with Crippen LogP contribution in [0.5, 0.6) is 5.75 Å². The van der Waals surface area contributed by atoms with Gasteiger partial charge >= 0.3 is 0 Å². The highest BCUT2D eigenvalue weighted by molar-refractivity contribution is 5.53. The Balaban J connectivity index is 1.65. The first kappa shape index (κ1) is 20.8. The Morgan fingerprint density at radius 2 is 1.26 bits per heavy atom. The fourth-order valence-corrected chi connectivity index (χ4v) is 4.10. The van der Waals surface area contributed by atoms with Gasteiger partial charge in [0, 0.05) is 22.3 Å². The summed E-state index contributed by atoms with van der Waals surface area (Å²) in [7, 11) is 1.68. The van der Waals surface area contributed by atoms with Gasteiger partial charge in [-0.1, -0.05) is 60.6 Å². The number of rotatable bonds is 2. The summed E-state index contributed by atoms with van der Waals surface area (Å²) in [6, 6.07) is 22.8. The molecule has 1 fully saturated rings. The Morgan fingerprint density at radius 1 is 0.677 bits per heavy atom. The van der Waals surface area contributed by atoms with Gasteiger partial charge in [0.1, 0.15) is 5.75 Å². The maximum atomic E-state index is 5.24. The average Bonchev–Trinajstić information content (AvgIpc) is 2.83. The Hall–Kier alpha value is -3.42. The summed E-state index contributed by atoms with van der Waals surface area (Å²) in [6.45, 7) is 2.10. The summed E-state index contributed by atoms with van der Waals surface area (Å²) < 4.78 is 5.24. The Labute approximate surface area is 186 Å². The summed E-state index contributed by atoms with van der Waals surface area (Å²) in [6.07, 6.45) is 6.43. The van der Waals surface area contributed by atoms with Crippen molar-refractivity contribution in [3.8, 4) is 29.4 Å². The van der Waals surface area contributed by atoms with Crippen molar-refractivity contribution in [2.45, 2.75) is 44.9 Å². The van der Waals surface area contributed by atoms with E-state index in [9.17, 15) is 0 Å². The van der Waals surface area contributed by atoms with E-state index < -0.39 is 0 Å². The first-order valence-electron chi connectivity index (χ1n) is 11.1.